The molecule has 0 heterocycles. The number of amides is 1. The molecule has 152 valence electrons. The average Bonchev–Trinajstić information content (AvgIpc) is 2.52. The lowest BCUT2D eigenvalue weighted by Crippen LogP contribution is -2.51. The number of ether oxygens (including phenoxy) is 1. The van der Waals surface area contributed by atoms with Gasteiger partial charge in [0.25, 0.3) is 5.91 Å². The largest absolute Gasteiger partial charge is 0.506 e. The first-order chi connectivity index (χ1) is 12.3. The lowest BCUT2D eigenvalue weighted by atomic mass is 9.79. The van der Waals surface area contributed by atoms with Crippen molar-refractivity contribution in [3.8, 4) is 0 Å². The number of hydrogen-bond donors (Lipinski definition) is 2. The Kier molecular flexibility index (Phi) is 7.88. The van der Waals surface area contributed by atoms with E-state index >= 15 is 0 Å². The number of carboxylic acid groups (broad SMARTS) is 1. The van der Waals surface area contributed by atoms with Gasteiger partial charge in [0.05, 0.1) is 10.9 Å². The van der Waals surface area contributed by atoms with E-state index in [1.165, 1.54) is 38.1 Å². The summed E-state index contributed by atoms with van der Waals surface area (Å²) in [7, 11) is -3.46. The van der Waals surface area contributed by atoms with Gasteiger partial charge >= 0.3 is 6.16 Å². The van der Waals surface area contributed by atoms with Crippen LogP contribution in [0.15, 0.2) is 29.2 Å². The molecule has 1 aromatic carbocycles. The minimum absolute atomic E-state index is 0.0318. The second kappa shape index (κ2) is 9.07. The molecular formula is C16H20Cl2FNO6S. The van der Waals surface area contributed by atoms with Gasteiger partial charge in [0.1, 0.15) is 12.3 Å². The van der Waals surface area contributed by atoms with Crippen molar-refractivity contribution < 1.29 is 32.2 Å². The van der Waals surface area contributed by atoms with E-state index in [2.05, 4.69) is 5.32 Å². The Balaban J connectivity index is 3.40. The molecule has 1 aromatic rings. The summed E-state index contributed by atoms with van der Waals surface area (Å²) in [6, 6.07) is 4.19. The minimum atomic E-state index is -3.46. The van der Waals surface area contributed by atoms with Gasteiger partial charge in [-0.15, -0.1) is 0 Å². The molecule has 0 fully saturated rings. The van der Waals surface area contributed by atoms with Crippen molar-refractivity contribution in [2.75, 3.05) is 12.9 Å². The first kappa shape index (κ1) is 23.5. The van der Waals surface area contributed by atoms with Crippen molar-refractivity contribution >= 4 is 45.1 Å². The van der Waals surface area contributed by atoms with Crippen molar-refractivity contribution in [2.45, 2.75) is 41.1 Å². The van der Waals surface area contributed by atoms with Gasteiger partial charge in [-0.05, 0) is 31.5 Å². The summed E-state index contributed by atoms with van der Waals surface area (Å²) >= 11 is 11.0. The highest BCUT2D eigenvalue weighted by Crippen LogP contribution is 2.35. The van der Waals surface area contributed by atoms with Crippen LogP contribution in [0.1, 0.15) is 25.3 Å². The zero-order chi connectivity index (χ0) is 21.0. The number of alkyl halides is 3. The number of carbonyl (C=O) groups excluding carboxylic acids is 1. The highest BCUT2D eigenvalue weighted by molar-refractivity contribution is 7.90. The fourth-order valence-electron chi connectivity index (χ4n) is 2.79. The second-order valence-corrected chi connectivity index (χ2v) is 9.47. The molecule has 2 atom stereocenters. The maximum Gasteiger partial charge on any atom is 0.506 e. The van der Waals surface area contributed by atoms with Crippen LogP contribution in [0.3, 0.4) is 0 Å². The van der Waals surface area contributed by atoms with Gasteiger partial charge in [0.2, 0.25) is 0 Å². The number of rotatable bonds is 8. The van der Waals surface area contributed by atoms with Gasteiger partial charge in [-0.3, -0.25) is 4.79 Å². The third kappa shape index (κ3) is 6.51. The Morgan fingerprint density at radius 2 is 1.78 bits per heavy atom. The molecule has 0 aliphatic heterocycles. The average molecular weight is 444 g/mol. The van der Waals surface area contributed by atoms with E-state index in [4.69, 9.17) is 33.0 Å². The van der Waals surface area contributed by atoms with Crippen LogP contribution >= 0.6 is 23.2 Å². The van der Waals surface area contributed by atoms with Crippen LogP contribution in [0, 0.1) is 0 Å². The van der Waals surface area contributed by atoms with E-state index < -0.39 is 51.0 Å². The molecule has 11 heteroatoms. The Hall–Kier alpha value is -1.58. The quantitative estimate of drug-likeness (QED) is 0.472. The molecule has 0 unspecified atom stereocenters. The maximum absolute atomic E-state index is 13.8. The smallest absolute Gasteiger partial charge is 0.450 e. The SMILES string of the molecule is CC(C)(OC(=O)O)[C@H](c1ccc(S(C)(=O)=O)cc1)[C@@H](CF)NC(=O)C(Cl)Cl. The second-order valence-electron chi connectivity index (χ2n) is 6.36. The lowest BCUT2D eigenvalue weighted by Gasteiger charge is -2.38. The number of carbonyl (C=O) groups is 2. The molecule has 1 rings (SSSR count). The van der Waals surface area contributed by atoms with E-state index in [9.17, 15) is 22.4 Å². The van der Waals surface area contributed by atoms with Crippen LogP contribution < -0.4 is 5.32 Å². The standard InChI is InChI=1S/C16H20Cl2FNO6S/c1-16(2,26-15(22)23)12(11(8-19)20-14(21)13(17)18)9-4-6-10(7-5-9)27(3,24)25/h4-7,11-13H,8H2,1-3H3,(H,20,21)(H,22,23)/t11-,12-/m1/s1. The van der Waals surface area contributed by atoms with E-state index in [0.29, 0.717) is 5.56 Å². The number of halogens is 3. The van der Waals surface area contributed by atoms with Gasteiger partial charge in [0.15, 0.2) is 14.7 Å². The number of benzene rings is 1. The summed E-state index contributed by atoms with van der Waals surface area (Å²) in [4.78, 5) is 21.4. The third-order valence-corrected chi connectivity index (χ3v) is 5.39. The van der Waals surface area contributed by atoms with E-state index in [1.807, 2.05) is 0 Å². The topological polar surface area (TPSA) is 110 Å². The molecule has 0 saturated heterocycles. The molecule has 0 bridgehead atoms. The van der Waals surface area contributed by atoms with Crippen LogP contribution in [0.2, 0.25) is 0 Å². The van der Waals surface area contributed by atoms with E-state index in [-0.39, 0.29) is 4.90 Å². The Bertz CT molecular complexity index is 783. The molecule has 7 nitrogen and oxygen atoms in total. The summed E-state index contributed by atoms with van der Waals surface area (Å²) in [5, 5.41) is 11.3. The summed E-state index contributed by atoms with van der Waals surface area (Å²) in [6.45, 7) is 1.74. The van der Waals surface area contributed by atoms with Crippen LogP contribution in [0.25, 0.3) is 0 Å². The van der Waals surface area contributed by atoms with Crippen molar-refractivity contribution in [3.63, 3.8) is 0 Å². The predicted molar refractivity (Wildman–Crippen MR) is 98.9 cm³/mol. The Labute approximate surface area is 166 Å². The number of sulfone groups is 1. The normalized spacial score (nSPS) is 14.5. The molecule has 0 radical (unpaired) electrons. The molecule has 0 saturated carbocycles. The van der Waals surface area contributed by atoms with Crippen molar-refractivity contribution in [3.05, 3.63) is 29.8 Å². The van der Waals surface area contributed by atoms with E-state index in [1.54, 1.807) is 0 Å². The summed E-state index contributed by atoms with van der Waals surface area (Å²) in [5.41, 5.74) is -1.12. The molecular weight excluding hydrogens is 424 g/mol. The number of nitrogens with one attached hydrogen (secondary N) is 1. The monoisotopic (exact) mass is 443 g/mol. The predicted octanol–water partition coefficient (Wildman–Crippen LogP) is 2.90. The van der Waals surface area contributed by atoms with Crippen molar-refractivity contribution in [1.29, 1.82) is 0 Å². The first-order valence-corrected chi connectivity index (χ1v) is 10.4. The van der Waals surface area contributed by atoms with Crippen LogP contribution in [-0.2, 0) is 19.4 Å². The molecule has 0 spiro atoms. The lowest BCUT2D eigenvalue weighted by molar-refractivity contribution is -0.121. The highest BCUT2D eigenvalue weighted by atomic mass is 35.5. The third-order valence-electron chi connectivity index (χ3n) is 3.86. The molecule has 2 N–H and O–H groups in total. The molecule has 0 aromatic heterocycles. The number of hydrogen-bond acceptors (Lipinski definition) is 5. The summed E-state index contributed by atoms with van der Waals surface area (Å²) in [5.74, 6) is -1.85. The highest BCUT2D eigenvalue weighted by Gasteiger charge is 2.41. The minimum Gasteiger partial charge on any atom is -0.450 e. The van der Waals surface area contributed by atoms with Gasteiger partial charge in [-0.1, -0.05) is 35.3 Å². The van der Waals surface area contributed by atoms with Gasteiger partial charge in [0, 0.05) is 12.2 Å². The van der Waals surface area contributed by atoms with Crippen LogP contribution in [-0.4, -0.2) is 55.0 Å². The molecule has 1 amide bonds. The van der Waals surface area contributed by atoms with E-state index in [0.717, 1.165) is 6.26 Å². The zero-order valence-corrected chi connectivity index (χ0v) is 17.1. The Morgan fingerprint density at radius 1 is 1.26 bits per heavy atom. The van der Waals surface area contributed by atoms with Gasteiger partial charge < -0.3 is 15.2 Å². The van der Waals surface area contributed by atoms with Crippen LogP contribution in [0.5, 0.6) is 0 Å². The zero-order valence-electron chi connectivity index (χ0n) is 14.8. The van der Waals surface area contributed by atoms with Gasteiger partial charge in [-0.25, -0.2) is 17.6 Å². The molecule has 27 heavy (non-hydrogen) atoms. The first-order valence-electron chi connectivity index (χ1n) is 7.66. The van der Waals surface area contributed by atoms with Crippen molar-refractivity contribution in [1.82, 2.24) is 5.32 Å². The fourth-order valence-corrected chi connectivity index (χ4v) is 3.54. The summed E-state index contributed by atoms with van der Waals surface area (Å²) < 4.78 is 41.9. The van der Waals surface area contributed by atoms with Crippen molar-refractivity contribution in [2.24, 2.45) is 0 Å². The molecule has 0 aliphatic carbocycles. The Morgan fingerprint density at radius 3 is 2.15 bits per heavy atom. The molecule has 0 aliphatic rings. The fraction of sp³-hybridized carbons (Fsp3) is 0.500. The van der Waals surface area contributed by atoms with Crippen LogP contribution in [0.4, 0.5) is 9.18 Å². The van der Waals surface area contributed by atoms with Gasteiger partial charge in [-0.2, -0.15) is 0 Å². The maximum atomic E-state index is 13.8. The summed E-state index contributed by atoms with van der Waals surface area (Å²) in [6.07, 6.45) is -0.558.